The summed E-state index contributed by atoms with van der Waals surface area (Å²) in [5.41, 5.74) is 1.96. The van der Waals surface area contributed by atoms with Crippen LogP contribution in [0.5, 0.6) is 11.5 Å². The molecule has 1 aliphatic heterocycles. The van der Waals surface area contributed by atoms with Crippen molar-refractivity contribution in [3.8, 4) is 11.5 Å². The number of benzene rings is 2. The maximum absolute atomic E-state index is 12.4. The molecule has 3 rings (SSSR count). The van der Waals surface area contributed by atoms with Crippen LogP contribution in [0.2, 0.25) is 0 Å². The zero-order valence-electron chi connectivity index (χ0n) is 10.4. The van der Waals surface area contributed by atoms with E-state index < -0.39 is 7.82 Å². The maximum atomic E-state index is 12.4. The van der Waals surface area contributed by atoms with Crippen molar-refractivity contribution in [3.63, 3.8) is 0 Å². The standard InChI is InChI=1S/C14H13O4P/c1-11-6-8-13(9-7-11)17-19(15)16-10-12-4-2-3-5-14(12)18-19/h2-9H,10H2,1H3. The van der Waals surface area contributed by atoms with E-state index in [1.165, 1.54) is 0 Å². The van der Waals surface area contributed by atoms with E-state index >= 15 is 0 Å². The van der Waals surface area contributed by atoms with Crippen molar-refractivity contribution >= 4 is 7.82 Å². The van der Waals surface area contributed by atoms with Gasteiger partial charge in [0, 0.05) is 5.56 Å². The van der Waals surface area contributed by atoms with Crippen LogP contribution in [0.25, 0.3) is 0 Å². The zero-order valence-corrected chi connectivity index (χ0v) is 11.3. The van der Waals surface area contributed by atoms with Gasteiger partial charge in [0.2, 0.25) is 0 Å². The van der Waals surface area contributed by atoms with Gasteiger partial charge < -0.3 is 9.05 Å². The second-order valence-corrected chi connectivity index (χ2v) is 5.84. The fourth-order valence-electron chi connectivity index (χ4n) is 1.78. The van der Waals surface area contributed by atoms with E-state index in [-0.39, 0.29) is 6.61 Å². The van der Waals surface area contributed by atoms with E-state index in [4.69, 9.17) is 13.6 Å². The molecule has 0 spiro atoms. The van der Waals surface area contributed by atoms with E-state index in [9.17, 15) is 4.57 Å². The fraction of sp³-hybridized carbons (Fsp3) is 0.143. The molecule has 4 nitrogen and oxygen atoms in total. The lowest BCUT2D eigenvalue weighted by Gasteiger charge is -2.24. The lowest BCUT2D eigenvalue weighted by molar-refractivity contribution is 0.181. The average molecular weight is 276 g/mol. The summed E-state index contributed by atoms with van der Waals surface area (Å²) in [4.78, 5) is 0. The number of para-hydroxylation sites is 1. The predicted molar refractivity (Wildman–Crippen MR) is 71.3 cm³/mol. The van der Waals surface area contributed by atoms with Crippen LogP contribution in [-0.2, 0) is 15.7 Å². The minimum Gasteiger partial charge on any atom is -0.395 e. The van der Waals surface area contributed by atoms with Crippen molar-refractivity contribution in [2.24, 2.45) is 0 Å². The van der Waals surface area contributed by atoms with Crippen molar-refractivity contribution in [1.82, 2.24) is 0 Å². The van der Waals surface area contributed by atoms with Crippen LogP contribution in [0.4, 0.5) is 0 Å². The topological polar surface area (TPSA) is 44.8 Å². The van der Waals surface area contributed by atoms with Crippen LogP contribution in [0, 0.1) is 6.92 Å². The Morgan fingerprint density at radius 3 is 2.63 bits per heavy atom. The van der Waals surface area contributed by atoms with Crippen LogP contribution in [0.1, 0.15) is 11.1 Å². The third-order valence-electron chi connectivity index (χ3n) is 2.80. The molecule has 98 valence electrons. The summed E-state index contributed by atoms with van der Waals surface area (Å²) >= 11 is 0. The molecule has 2 aromatic carbocycles. The number of rotatable bonds is 2. The molecule has 0 N–H and O–H groups in total. The Morgan fingerprint density at radius 1 is 1.11 bits per heavy atom. The highest BCUT2D eigenvalue weighted by Crippen LogP contribution is 2.54. The SMILES string of the molecule is Cc1ccc(OP2(=O)OCc3ccccc3O2)cc1. The van der Waals surface area contributed by atoms with E-state index in [2.05, 4.69) is 0 Å². The zero-order chi connectivity index (χ0) is 13.3. The molecule has 19 heavy (non-hydrogen) atoms. The Labute approximate surface area is 111 Å². The fourth-order valence-corrected chi connectivity index (χ4v) is 3.02. The van der Waals surface area contributed by atoms with Gasteiger partial charge in [0.25, 0.3) is 0 Å². The molecular formula is C14H13O4P. The van der Waals surface area contributed by atoms with E-state index in [1.807, 2.05) is 37.3 Å². The number of phosphoric ester groups is 1. The van der Waals surface area contributed by atoms with Gasteiger partial charge in [-0.2, -0.15) is 0 Å². The lowest BCUT2D eigenvalue weighted by atomic mass is 10.2. The van der Waals surface area contributed by atoms with E-state index in [1.54, 1.807) is 18.2 Å². The molecule has 0 saturated heterocycles. The minimum atomic E-state index is -3.58. The number of hydrogen-bond acceptors (Lipinski definition) is 4. The summed E-state index contributed by atoms with van der Waals surface area (Å²) < 4.78 is 28.4. The first-order chi connectivity index (χ1) is 9.15. The molecule has 5 heteroatoms. The second kappa shape index (κ2) is 4.72. The Bertz CT molecular complexity index is 636. The molecule has 0 amide bonds. The monoisotopic (exact) mass is 276 g/mol. The normalized spacial score (nSPS) is 21.3. The minimum absolute atomic E-state index is 0.222. The van der Waals surface area contributed by atoms with E-state index in [0.717, 1.165) is 11.1 Å². The van der Waals surface area contributed by atoms with Crippen molar-refractivity contribution < 1.29 is 18.1 Å². The molecule has 1 unspecified atom stereocenters. The summed E-state index contributed by atoms with van der Waals surface area (Å²) in [6.07, 6.45) is 0. The van der Waals surface area contributed by atoms with Crippen LogP contribution in [0.15, 0.2) is 48.5 Å². The summed E-state index contributed by atoms with van der Waals surface area (Å²) in [6, 6.07) is 14.5. The van der Waals surface area contributed by atoms with Crippen molar-refractivity contribution in [3.05, 3.63) is 59.7 Å². The summed E-state index contributed by atoms with van der Waals surface area (Å²) in [7, 11) is -3.58. The third kappa shape index (κ3) is 2.65. The van der Waals surface area contributed by atoms with Gasteiger partial charge in [-0.15, -0.1) is 0 Å². The Morgan fingerprint density at radius 2 is 1.84 bits per heavy atom. The molecule has 0 saturated carbocycles. The Hall–Kier alpha value is -1.77. The van der Waals surface area contributed by atoms with Gasteiger partial charge in [-0.05, 0) is 25.1 Å². The summed E-state index contributed by atoms with van der Waals surface area (Å²) in [5.74, 6) is 1.01. The first-order valence-corrected chi connectivity index (χ1v) is 7.39. The molecule has 1 heterocycles. The van der Waals surface area contributed by atoms with Gasteiger partial charge in [-0.25, -0.2) is 4.57 Å². The van der Waals surface area contributed by atoms with Gasteiger partial charge in [0.15, 0.2) is 0 Å². The largest absolute Gasteiger partial charge is 0.587 e. The van der Waals surface area contributed by atoms with Gasteiger partial charge in [0.05, 0.1) is 6.61 Å². The first-order valence-electron chi connectivity index (χ1n) is 5.93. The molecule has 0 aliphatic carbocycles. The van der Waals surface area contributed by atoms with Crippen molar-refractivity contribution in [2.75, 3.05) is 0 Å². The molecule has 1 aliphatic rings. The van der Waals surface area contributed by atoms with Crippen LogP contribution in [-0.4, -0.2) is 0 Å². The Kier molecular flexibility index (Phi) is 3.05. The number of aryl methyl sites for hydroxylation is 1. The number of phosphoric acid groups is 1. The van der Waals surface area contributed by atoms with Gasteiger partial charge in [-0.1, -0.05) is 35.9 Å². The molecule has 0 fully saturated rings. The van der Waals surface area contributed by atoms with Crippen molar-refractivity contribution in [1.29, 1.82) is 0 Å². The third-order valence-corrected chi connectivity index (χ3v) is 4.10. The lowest BCUT2D eigenvalue weighted by Crippen LogP contribution is -2.11. The second-order valence-electron chi connectivity index (χ2n) is 4.32. The summed E-state index contributed by atoms with van der Waals surface area (Å²) in [6.45, 7) is 2.19. The first kappa shape index (κ1) is 12.3. The maximum Gasteiger partial charge on any atom is 0.587 e. The Balaban J connectivity index is 1.82. The van der Waals surface area contributed by atoms with Gasteiger partial charge in [-0.3, -0.25) is 4.52 Å². The molecular weight excluding hydrogens is 263 g/mol. The molecule has 1 atom stereocenters. The van der Waals surface area contributed by atoms with Crippen molar-refractivity contribution in [2.45, 2.75) is 13.5 Å². The highest BCUT2D eigenvalue weighted by atomic mass is 31.2. The van der Waals surface area contributed by atoms with Crippen LogP contribution in [0.3, 0.4) is 0 Å². The molecule has 0 bridgehead atoms. The molecule has 0 radical (unpaired) electrons. The van der Waals surface area contributed by atoms with Gasteiger partial charge in [0.1, 0.15) is 11.5 Å². The smallest absolute Gasteiger partial charge is 0.395 e. The number of hydrogen-bond donors (Lipinski definition) is 0. The quantitative estimate of drug-likeness (QED) is 0.775. The van der Waals surface area contributed by atoms with Crippen LogP contribution < -0.4 is 9.05 Å². The highest BCUT2D eigenvalue weighted by Gasteiger charge is 2.35. The highest BCUT2D eigenvalue weighted by molar-refractivity contribution is 7.49. The van der Waals surface area contributed by atoms with Crippen LogP contribution >= 0.6 is 7.82 Å². The predicted octanol–water partition coefficient (Wildman–Crippen LogP) is 4.09. The van der Waals surface area contributed by atoms with Gasteiger partial charge >= 0.3 is 7.82 Å². The molecule has 2 aromatic rings. The number of fused-ring (bicyclic) bond motifs is 1. The summed E-state index contributed by atoms with van der Waals surface area (Å²) in [5, 5.41) is 0. The van der Waals surface area contributed by atoms with E-state index in [0.29, 0.717) is 11.5 Å². The average Bonchev–Trinajstić information content (AvgIpc) is 2.41. The molecule has 0 aromatic heterocycles.